The summed E-state index contributed by atoms with van der Waals surface area (Å²) in [6.07, 6.45) is 6.22. The van der Waals surface area contributed by atoms with Crippen LogP contribution in [0.4, 0.5) is 0 Å². The van der Waals surface area contributed by atoms with Crippen LogP contribution in [0.3, 0.4) is 0 Å². The number of hydrogen-bond acceptors (Lipinski definition) is 9. The number of aliphatic hydroxyl groups is 1. The van der Waals surface area contributed by atoms with Gasteiger partial charge in [0.1, 0.15) is 36.3 Å². The highest BCUT2D eigenvalue weighted by Gasteiger charge is 2.43. The number of piperidine rings is 1. The quantitative estimate of drug-likeness (QED) is 0.101. The lowest BCUT2D eigenvalue weighted by Gasteiger charge is -2.39. The summed E-state index contributed by atoms with van der Waals surface area (Å²) in [6.45, 7) is 8.68. The maximum atomic E-state index is 14.2. The molecule has 2 heterocycles. The van der Waals surface area contributed by atoms with Gasteiger partial charge in [0.15, 0.2) is 0 Å². The lowest BCUT2D eigenvalue weighted by Crippen LogP contribution is -2.62. The van der Waals surface area contributed by atoms with E-state index in [-0.39, 0.29) is 43.7 Å². The van der Waals surface area contributed by atoms with E-state index in [1.165, 1.54) is 23.6 Å². The number of carbonyl (C=O) groups is 8. The zero-order valence-electron chi connectivity index (χ0n) is 33.1. The average Bonchev–Trinajstić information content (AvgIpc) is 3.64. The fourth-order valence-corrected chi connectivity index (χ4v) is 7.81. The zero-order valence-corrected chi connectivity index (χ0v) is 33.1. The first kappa shape index (κ1) is 45.1. The molecule has 1 unspecified atom stereocenters. The number of nitrogens with one attached hydrogen (secondary N) is 5. The van der Waals surface area contributed by atoms with Gasteiger partial charge in [-0.05, 0) is 63.7 Å². The molecule has 0 aromatic heterocycles. The smallest absolute Gasteiger partial charge is 0.305 e. The van der Waals surface area contributed by atoms with Crippen molar-refractivity contribution in [3.63, 3.8) is 0 Å². The van der Waals surface area contributed by atoms with Crippen molar-refractivity contribution in [3.8, 4) is 0 Å². The van der Waals surface area contributed by atoms with E-state index in [4.69, 9.17) is 0 Å². The normalized spacial score (nSPS) is 21.7. The van der Waals surface area contributed by atoms with Crippen LogP contribution in [0.5, 0.6) is 0 Å². The van der Waals surface area contributed by atoms with Gasteiger partial charge in [-0.3, -0.25) is 38.4 Å². The SMILES string of the molecule is CCCNC(=O)[C@@H](NC(=O)[C@@H]1CCCN1C(=O)[C@H](CC(=O)O)NC(=O)[C@@H]1CCCCN1C(=O)[C@@H](NC(=O)[C@H](CC1CCCCC1)NC(C)=O)C(C)C)C(C)O. The molecule has 0 radical (unpaired) electrons. The third kappa shape index (κ3) is 13.2. The van der Waals surface area contributed by atoms with Crippen molar-refractivity contribution in [2.75, 3.05) is 19.6 Å². The minimum atomic E-state index is -1.57. The number of carboxylic acid groups (broad SMARTS) is 1. The van der Waals surface area contributed by atoms with E-state index in [0.29, 0.717) is 38.6 Å². The molecule has 55 heavy (non-hydrogen) atoms. The van der Waals surface area contributed by atoms with Crippen LogP contribution in [0.1, 0.15) is 118 Å². The van der Waals surface area contributed by atoms with Crippen LogP contribution in [-0.2, 0) is 38.4 Å². The van der Waals surface area contributed by atoms with Crippen molar-refractivity contribution >= 4 is 47.3 Å². The van der Waals surface area contributed by atoms with Gasteiger partial charge in [0, 0.05) is 26.6 Å². The van der Waals surface area contributed by atoms with Crippen molar-refractivity contribution in [1.29, 1.82) is 0 Å². The summed E-state index contributed by atoms with van der Waals surface area (Å²) in [7, 11) is 0. The number of aliphatic hydroxyl groups excluding tert-OH is 1. The highest BCUT2D eigenvalue weighted by atomic mass is 16.4. The predicted molar refractivity (Wildman–Crippen MR) is 201 cm³/mol. The zero-order chi connectivity index (χ0) is 40.8. The fourth-order valence-electron chi connectivity index (χ4n) is 7.81. The molecule has 17 nitrogen and oxygen atoms in total. The molecule has 7 N–H and O–H groups in total. The highest BCUT2D eigenvalue weighted by Crippen LogP contribution is 2.28. The number of carboxylic acids is 1. The van der Waals surface area contributed by atoms with E-state index < -0.39 is 90.2 Å². The van der Waals surface area contributed by atoms with Gasteiger partial charge in [0.25, 0.3) is 0 Å². The van der Waals surface area contributed by atoms with Crippen LogP contribution in [0.15, 0.2) is 0 Å². The Kier molecular flexibility index (Phi) is 17.8. The van der Waals surface area contributed by atoms with Gasteiger partial charge in [-0.1, -0.05) is 52.9 Å². The van der Waals surface area contributed by atoms with Crippen LogP contribution in [-0.4, -0.2) is 129 Å². The molecule has 7 amide bonds. The van der Waals surface area contributed by atoms with Gasteiger partial charge < -0.3 is 46.6 Å². The molecule has 1 saturated carbocycles. The van der Waals surface area contributed by atoms with Crippen LogP contribution in [0.25, 0.3) is 0 Å². The number of likely N-dealkylation sites (tertiary alicyclic amines) is 2. The molecule has 3 aliphatic rings. The maximum absolute atomic E-state index is 14.2. The van der Waals surface area contributed by atoms with Gasteiger partial charge in [0.2, 0.25) is 41.4 Å². The van der Waals surface area contributed by atoms with Crippen LogP contribution >= 0.6 is 0 Å². The van der Waals surface area contributed by atoms with Crippen LogP contribution < -0.4 is 26.6 Å². The second-order valence-electron chi connectivity index (χ2n) is 15.6. The Balaban J connectivity index is 1.77. The van der Waals surface area contributed by atoms with Crippen LogP contribution in [0, 0.1) is 11.8 Å². The molecular weight excluding hydrogens is 714 g/mol. The van der Waals surface area contributed by atoms with Crippen molar-refractivity contribution in [2.24, 2.45) is 11.8 Å². The van der Waals surface area contributed by atoms with Crippen molar-refractivity contribution < 1.29 is 48.6 Å². The Labute approximate surface area is 323 Å². The topological polar surface area (TPSA) is 244 Å². The minimum Gasteiger partial charge on any atom is -0.481 e. The lowest BCUT2D eigenvalue weighted by atomic mass is 9.84. The van der Waals surface area contributed by atoms with Crippen molar-refractivity contribution in [3.05, 3.63) is 0 Å². The van der Waals surface area contributed by atoms with E-state index in [0.717, 1.165) is 32.1 Å². The molecule has 0 spiro atoms. The van der Waals surface area contributed by atoms with Gasteiger partial charge in [-0.2, -0.15) is 0 Å². The molecule has 1 aliphatic carbocycles. The molecule has 0 aromatic carbocycles. The Morgan fingerprint density at radius 3 is 1.84 bits per heavy atom. The largest absolute Gasteiger partial charge is 0.481 e. The first-order chi connectivity index (χ1) is 26.0. The van der Waals surface area contributed by atoms with Crippen molar-refractivity contribution in [1.82, 2.24) is 36.4 Å². The van der Waals surface area contributed by atoms with E-state index in [9.17, 15) is 48.6 Å². The standard InChI is InChI=1S/C38H63N7O10/c1-6-17-39-36(53)32(23(4)46)43-35(52)29-16-12-19-44(29)37(54)27(21-30(48)49)41-34(51)28-15-10-11-18-45(28)38(55)31(22(2)3)42-33(50)26(40-24(5)47)20-25-13-8-7-9-14-25/h22-23,25-29,31-32,46H,6-21H2,1-5H3,(H,39,53)(H,40,47)(H,41,51)(H,42,50)(H,43,52)(H,48,49)/t23?,26-,27-,28-,29-,31-,32-/m0/s1. The molecular formula is C38H63N7O10. The van der Waals surface area contributed by atoms with Gasteiger partial charge in [0.05, 0.1) is 12.5 Å². The first-order valence-electron chi connectivity index (χ1n) is 20.0. The summed E-state index contributed by atoms with van der Waals surface area (Å²) in [5.74, 6) is -5.67. The lowest BCUT2D eigenvalue weighted by molar-refractivity contribution is -0.149. The summed E-state index contributed by atoms with van der Waals surface area (Å²) >= 11 is 0. The average molecular weight is 778 g/mol. The maximum Gasteiger partial charge on any atom is 0.305 e. The fraction of sp³-hybridized carbons (Fsp3) is 0.789. The molecule has 310 valence electrons. The van der Waals surface area contributed by atoms with Gasteiger partial charge >= 0.3 is 5.97 Å². The molecule has 2 saturated heterocycles. The minimum absolute atomic E-state index is 0.0916. The Bertz CT molecular complexity index is 1380. The van der Waals surface area contributed by atoms with Gasteiger partial charge in [-0.15, -0.1) is 0 Å². The number of nitrogens with zero attached hydrogens (tertiary/aromatic N) is 2. The summed E-state index contributed by atoms with van der Waals surface area (Å²) in [6, 6.07) is -6.86. The van der Waals surface area contributed by atoms with E-state index in [1.54, 1.807) is 13.8 Å². The van der Waals surface area contributed by atoms with Crippen LogP contribution in [0.2, 0.25) is 0 Å². The molecule has 17 heteroatoms. The van der Waals surface area contributed by atoms with Crippen molar-refractivity contribution in [2.45, 2.75) is 160 Å². The predicted octanol–water partition coefficient (Wildman–Crippen LogP) is 0.326. The monoisotopic (exact) mass is 777 g/mol. The number of amides is 7. The van der Waals surface area contributed by atoms with Gasteiger partial charge in [-0.25, -0.2) is 0 Å². The Hall–Kier alpha value is -4.28. The van der Waals surface area contributed by atoms with E-state index in [1.807, 2.05) is 6.92 Å². The number of rotatable bonds is 18. The molecule has 0 bridgehead atoms. The highest BCUT2D eigenvalue weighted by molar-refractivity contribution is 5.98. The molecule has 3 rings (SSSR count). The third-order valence-electron chi connectivity index (χ3n) is 10.8. The van der Waals surface area contributed by atoms with E-state index in [2.05, 4.69) is 26.6 Å². The number of aliphatic carboxylic acids is 1. The first-order valence-corrected chi connectivity index (χ1v) is 20.0. The summed E-state index contributed by atoms with van der Waals surface area (Å²) < 4.78 is 0. The second-order valence-corrected chi connectivity index (χ2v) is 15.6. The third-order valence-corrected chi connectivity index (χ3v) is 10.8. The molecule has 3 fully saturated rings. The molecule has 0 aromatic rings. The number of carbonyl (C=O) groups excluding carboxylic acids is 7. The summed E-state index contributed by atoms with van der Waals surface area (Å²) in [4.78, 5) is 108. The number of hydrogen-bond donors (Lipinski definition) is 7. The second kappa shape index (κ2) is 21.7. The summed E-state index contributed by atoms with van der Waals surface area (Å²) in [5.41, 5.74) is 0. The molecule has 2 aliphatic heterocycles. The Morgan fingerprint density at radius 1 is 0.673 bits per heavy atom. The molecule has 7 atom stereocenters. The Morgan fingerprint density at radius 2 is 1.25 bits per heavy atom. The summed E-state index contributed by atoms with van der Waals surface area (Å²) in [5, 5.41) is 33.2. The van der Waals surface area contributed by atoms with E-state index >= 15 is 0 Å².